The molecule has 1 heterocycles. The third kappa shape index (κ3) is 5.30. The van der Waals surface area contributed by atoms with E-state index >= 15 is 0 Å². The molecule has 2 amide bonds. The number of nitrogens with zero attached hydrogens (tertiary/aromatic N) is 2. The van der Waals surface area contributed by atoms with Crippen LogP contribution in [0.1, 0.15) is 42.0 Å². The van der Waals surface area contributed by atoms with Crippen LogP contribution in [0.5, 0.6) is 0 Å². The van der Waals surface area contributed by atoms with Gasteiger partial charge in [-0.05, 0) is 74.6 Å². The first-order valence-electron chi connectivity index (χ1n) is 10.3. The van der Waals surface area contributed by atoms with Crippen LogP contribution < -0.4 is 5.32 Å². The van der Waals surface area contributed by atoms with Crippen LogP contribution in [0.4, 0.5) is 11.4 Å². The number of anilines is 1. The standard InChI is InChI=1S/C24H29N3O2S/c1-6-9-27-23(29)21(14-22(28)26-20-13-15(2)7-8-18(20)5)30-24(27)25-19-11-16(3)10-17(4)12-19/h7-8,10-13,21H,6,9,14H2,1-5H3,(H,26,28)/t21-/m1/s1. The molecular formula is C24H29N3O2S. The van der Waals surface area contributed by atoms with Gasteiger partial charge in [-0.3, -0.25) is 14.5 Å². The van der Waals surface area contributed by atoms with Crippen LogP contribution in [0, 0.1) is 27.7 Å². The first-order valence-corrected chi connectivity index (χ1v) is 11.2. The van der Waals surface area contributed by atoms with Gasteiger partial charge < -0.3 is 5.32 Å². The predicted molar refractivity (Wildman–Crippen MR) is 126 cm³/mol. The Bertz CT molecular complexity index is 980. The molecule has 158 valence electrons. The Morgan fingerprint density at radius 1 is 1.07 bits per heavy atom. The van der Waals surface area contributed by atoms with Crippen LogP contribution >= 0.6 is 11.8 Å². The summed E-state index contributed by atoms with van der Waals surface area (Å²) >= 11 is 1.39. The SMILES string of the molecule is CCCN1C(=O)[C@@H](CC(=O)Nc2cc(C)ccc2C)SC1=Nc1cc(C)cc(C)c1. The molecule has 0 bridgehead atoms. The maximum absolute atomic E-state index is 13.0. The summed E-state index contributed by atoms with van der Waals surface area (Å²) in [4.78, 5) is 32.1. The second-order valence-electron chi connectivity index (χ2n) is 7.91. The molecule has 0 aromatic heterocycles. The molecule has 0 aliphatic carbocycles. The highest BCUT2D eigenvalue weighted by Crippen LogP contribution is 2.32. The van der Waals surface area contributed by atoms with E-state index in [9.17, 15) is 9.59 Å². The van der Waals surface area contributed by atoms with E-state index in [1.807, 2.05) is 65.0 Å². The molecule has 1 aliphatic heterocycles. The van der Waals surface area contributed by atoms with E-state index in [0.717, 1.165) is 40.0 Å². The van der Waals surface area contributed by atoms with Crippen molar-refractivity contribution < 1.29 is 9.59 Å². The van der Waals surface area contributed by atoms with E-state index in [4.69, 9.17) is 4.99 Å². The number of amidine groups is 1. The normalized spacial score (nSPS) is 17.6. The largest absolute Gasteiger partial charge is 0.326 e. The maximum Gasteiger partial charge on any atom is 0.242 e. The number of hydrogen-bond acceptors (Lipinski definition) is 4. The number of benzene rings is 2. The van der Waals surface area contributed by atoms with Crippen LogP contribution in [0.2, 0.25) is 0 Å². The lowest BCUT2D eigenvalue weighted by Gasteiger charge is -2.15. The molecule has 1 aliphatic rings. The number of thioether (sulfide) groups is 1. The van der Waals surface area contributed by atoms with Crippen LogP contribution in [0.25, 0.3) is 0 Å². The van der Waals surface area contributed by atoms with E-state index in [1.54, 1.807) is 4.90 Å². The van der Waals surface area contributed by atoms with Crippen molar-refractivity contribution in [2.24, 2.45) is 4.99 Å². The van der Waals surface area contributed by atoms with E-state index in [-0.39, 0.29) is 18.2 Å². The van der Waals surface area contributed by atoms with Gasteiger partial charge >= 0.3 is 0 Å². The van der Waals surface area contributed by atoms with Gasteiger partial charge in [0.2, 0.25) is 11.8 Å². The summed E-state index contributed by atoms with van der Waals surface area (Å²) in [6.07, 6.45) is 0.961. The summed E-state index contributed by atoms with van der Waals surface area (Å²) < 4.78 is 0. The molecule has 1 N–H and O–H groups in total. The molecular weight excluding hydrogens is 394 g/mol. The number of nitrogens with one attached hydrogen (secondary N) is 1. The predicted octanol–water partition coefficient (Wildman–Crippen LogP) is 5.29. The summed E-state index contributed by atoms with van der Waals surface area (Å²) in [5, 5.41) is 3.19. The van der Waals surface area contributed by atoms with Crippen molar-refractivity contribution in [2.75, 3.05) is 11.9 Å². The zero-order valence-corrected chi connectivity index (χ0v) is 19.1. The van der Waals surface area contributed by atoms with E-state index in [1.165, 1.54) is 11.8 Å². The Labute approximate surface area is 183 Å². The fourth-order valence-corrected chi connectivity index (χ4v) is 4.70. The van der Waals surface area contributed by atoms with Crippen LogP contribution in [0.3, 0.4) is 0 Å². The molecule has 3 rings (SSSR count). The minimum absolute atomic E-state index is 0.0407. The van der Waals surface area contributed by atoms with Gasteiger partial charge in [-0.2, -0.15) is 0 Å². The number of hydrogen-bond donors (Lipinski definition) is 1. The smallest absolute Gasteiger partial charge is 0.242 e. The number of carbonyl (C=O) groups excluding carboxylic acids is 2. The topological polar surface area (TPSA) is 61.8 Å². The van der Waals surface area contributed by atoms with Crippen molar-refractivity contribution in [1.82, 2.24) is 4.90 Å². The van der Waals surface area contributed by atoms with Crippen molar-refractivity contribution in [3.05, 3.63) is 58.7 Å². The molecule has 6 heteroatoms. The average molecular weight is 424 g/mol. The van der Waals surface area contributed by atoms with Gasteiger partial charge in [0, 0.05) is 18.7 Å². The van der Waals surface area contributed by atoms with Crippen molar-refractivity contribution in [3.63, 3.8) is 0 Å². The average Bonchev–Trinajstić information content (AvgIpc) is 2.93. The lowest BCUT2D eigenvalue weighted by molar-refractivity contribution is -0.128. The lowest BCUT2D eigenvalue weighted by Crippen LogP contribution is -2.34. The molecule has 0 spiro atoms. The third-order valence-electron chi connectivity index (χ3n) is 4.94. The summed E-state index contributed by atoms with van der Waals surface area (Å²) in [5.41, 5.74) is 5.99. The Morgan fingerprint density at radius 3 is 2.43 bits per heavy atom. The number of rotatable bonds is 6. The van der Waals surface area contributed by atoms with Crippen molar-refractivity contribution in [1.29, 1.82) is 0 Å². The van der Waals surface area contributed by atoms with Crippen LogP contribution in [-0.2, 0) is 9.59 Å². The first-order chi connectivity index (χ1) is 14.3. The second-order valence-corrected chi connectivity index (χ2v) is 9.08. The number of carbonyl (C=O) groups is 2. The summed E-state index contributed by atoms with van der Waals surface area (Å²) in [5.74, 6) is -0.195. The van der Waals surface area contributed by atoms with E-state index in [2.05, 4.69) is 11.4 Å². The Kier molecular flexibility index (Phi) is 6.98. The Morgan fingerprint density at radius 2 is 1.77 bits per heavy atom. The molecule has 1 fully saturated rings. The Hall–Kier alpha value is -2.60. The number of amides is 2. The van der Waals surface area contributed by atoms with Crippen LogP contribution in [-0.4, -0.2) is 33.7 Å². The van der Waals surface area contributed by atoms with E-state index in [0.29, 0.717) is 11.7 Å². The highest BCUT2D eigenvalue weighted by molar-refractivity contribution is 8.15. The molecule has 0 unspecified atom stereocenters. The summed E-state index contributed by atoms with van der Waals surface area (Å²) in [7, 11) is 0. The van der Waals surface area contributed by atoms with Gasteiger partial charge in [0.15, 0.2) is 5.17 Å². The molecule has 0 saturated carbocycles. The van der Waals surface area contributed by atoms with Gasteiger partial charge in [0.1, 0.15) is 5.25 Å². The molecule has 1 atom stereocenters. The van der Waals surface area contributed by atoms with Gasteiger partial charge in [-0.15, -0.1) is 0 Å². The molecule has 2 aromatic carbocycles. The van der Waals surface area contributed by atoms with Crippen molar-refractivity contribution in [2.45, 2.75) is 52.7 Å². The first kappa shape index (κ1) is 22.1. The third-order valence-corrected chi connectivity index (χ3v) is 6.11. The van der Waals surface area contributed by atoms with Gasteiger partial charge in [-0.1, -0.05) is 36.9 Å². The zero-order valence-electron chi connectivity index (χ0n) is 18.3. The highest BCUT2D eigenvalue weighted by atomic mass is 32.2. The zero-order chi connectivity index (χ0) is 21.8. The summed E-state index contributed by atoms with van der Waals surface area (Å²) in [6.45, 7) is 10.7. The van der Waals surface area contributed by atoms with Gasteiger partial charge in [0.25, 0.3) is 0 Å². The minimum atomic E-state index is -0.452. The molecule has 1 saturated heterocycles. The molecule has 5 nitrogen and oxygen atoms in total. The quantitative estimate of drug-likeness (QED) is 0.687. The number of aliphatic imine (C=N–C) groups is 1. The fraction of sp³-hybridized carbons (Fsp3) is 0.375. The number of aryl methyl sites for hydroxylation is 4. The monoisotopic (exact) mass is 423 g/mol. The van der Waals surface area contributed by atoms with Crippen molar-refractivity contribution >= 4 is 40.1 Å². The molecule has 30 heavy (non-hydrogen) atoms. The highest BCUT2D eigenvalue weighted by Gasteiger charge is 2.38. The maximum atomic E-state index is 13.0. The van der Waals surface area contributed by atoms with Gasteiger partial charge in [0.05, 0.1) is 5.69 Å². The fourth-order valence-electron chi connectivity index (χ4n) is 3.52. The Balaban J connectivity index is 1.77. The molecule has 2 aromatic rings. The van der Waals surface area contributed by atoms with Crippen molar-refractivity contribution in [3.8, 4) is 0 Å². The second kappa shape index (κ2) is 9.47. The molecule has 0 radical (unpaired) electrons. The lowest BCUT2D eigenvalue weighted by atomic mass is 10.1. The van der Waals surface area contributed by atoms with E-state index < -0.39 is 5.25 Å². The van der Waals surface area contributed by atoms with Crippen LogP contribution in [0.15, 0.2) is 41.4 Å². The minimum Gasteiger partial charge on any atom is -0.326 e. The van der Waals surface area contributed by atoms with Gasteiger partial charge in [-0.25, -0.2) is 4.99 Å². The summed E-state index contributed by atoms with van der Waals surface area (Å²) in [6, 6.07) is 12.1.